The third-order valence-electron chi connectivity index (χ3n) is 3.99. The van der Waals surface area contributed by atoms with E-state index in [1.807, 2.05) is 12.1 Å². The maximum Gasteiger partial charge on any atom is 0.276 e. The van der Waals surface area contributed by atoms with Crippen LogP contribution < -0.4 is 4.74 Å². The Kier molecular flexibility index (Phi) is 4.81. The minimum absolute atomic E-state index is 0.132. The van der Waals surface area contributed by atoms with E-state index in [9.17, 15) is 9.18 Å². The molecule has 2 aromatic rings. The molecule has 0 saturated carbocycles. The van der Waals surface area contributed by atoms with Gasteiger partial charge >= 0.3 is 0 Å². The number of hydrogen-bond acceptors (Lipinski definition) is 3. The lowest BCUT2D eigenvalue weighted by Gasteiger charge is -2.11. The van der Waals surface area contributed by atoms with Crippen LogP contribution in [0.2, 0.25) is 0 Å². The van der Waals surface area contributed by atoms with E-state index in [-0.39, 0.29) is 18.3 Å². The van der Waals surface area contributed by atoms with Crippen LogP contribution in [-0.2, 0) is 11.4 Å². The molecule has 1 aliphatic rings. The lowest BCUT2D eigenvalue weighted by atomic mass is 10.1. The minimum Gasteiger partial charge on any atom is -0.489 e. The molecule has 4 nitrogen and oxygen atoms in total. The van der Waals surface area contributed by atoms with Crippen molar-refractivity contribution in [3.05, 3.63) is 71.2 Å². The Morgan fingerprint density at radius 2 is 1.76 bits per heavy atom. The summed E-state index contributed by atoms with van der Waals surface area (Å²) in [4.78, 5) is 15.3. The third kappa shape index (κ3) is 3.53. The first kappa shape index (κ1) is 17.1. The van der Waals surface area contributed by atoms with E-state index in [0.29, 0.717) is 22.1 Å². The molecule has 3 rings (SSSR count). The van der Waals surface area contributed by atoms with Crippen molar-refractivity contribution >= 4 is 29.3 Å². The van der Waals surface area contributed by atoms with E-state index in [4.69, 9.17) is 17.0 Å². The Balaban J connectivity index is 1.71. The average molecular weight is 356 g/mol. The molecule has 6 heteroatoms. The van der Waals surface area contributed by atoms with E-state index in [0.717, 1.165) is 5.56 Å². The van der Waals surface area contributed by atoms with E-state index in [1.54, 1.807) is 55.4 Å². The molecule has 1 aliphatic heterocycles. The smallest absolute Gasteiger partial charge is 0.276 e. The van der Waals surface area contributed by atoms with Gasteiger partial charge in [0, 0.05) is 19.7 Å². The van der Waals surface area contributed by atoms with Crippen LogP contribution >= 0.6 is 12.2 Å². The van der Waals surface area contributed by atoms with E-state index < -0.39 is 0 Å². The van der Waals surface area contributed by atoms with Gasteiger partial charge in [0.1, 0.15) is 23.9 Å². The Bertz CT molecular complexity index is 849. The summed E-state index contributed by atoms with van der Waals surface area (Å²) in [5, 5.41) is 0.473. The number of ether oxygens (including phenoxy) is 1. The molecule has 0 N–H and O–H groups in total. The largest absolute Gasteiger partial charge is 0.489 e. The summed E-state index contributed by atoms with van der Waals surface area (Å²) in [5.41, 5.74) is 1.88. The topological polar surface area (TPSA) is 32.8 Å². The molecule has 1 heterocycles. The van der Waals surface area contributed by atoms with Crippen molar-refractivity contribution in [3.63, 3.8) is 0 Å². The molecule has 0 unspecified atom stereocenters. The van der Waals surface area contributed by atoms with E-state index in [2.05, 4.69) is 0 Å². The van der Waals surface area contributed by atoms with Crippen molar-refractivity contribution in [2.75, 3.05) is 14.1 Å². The summed E-state index contributed by atoms with van der Waals surface area (Å²) in [7, 11) is 3.42. The molecule has 0 radical (unpaired) electrons. The van der Waals surface area contributed by atoms with Crippen molar-refractivity contribution in [1.29, 1.82) is 0 Å². The van der Waals surface area contributed by atoms with Crippen LogP contribution in [0.1, 0.15) is 11.1 Å². The number of carbonyl (C=O) groups excluding carboxylic acids is 1. The molecule has 0 aromatic heterocycles. The first-order valence-corrected chi connectivity index (χ1v) is 8.12. The van der Waals surface area contributed by atoms with Gasteiger partial charge in [-0.2, -0.15) is 0 Å². The average Bonchev–Trinajstić information content (AvgIpc) is 2.80. The number of thiocarbonyl (C=S) groups is 1. The monoisotopic (exact) mass is 356 g/mol. The quantitative estimate of drug-likeness (QED) is 0.621. The molecular weight excluding hydrogens is 339 g/mol. The zero-order valence-corrected chi connectivity index (χ0v) is 14.7. The second kappa shape index (κ2) is 7.03. The van der Waals surface area contributed by atoms with Crippen LogP contribution in [0.3, 0.4) is 0 Å². The second-order valence-electron chi connectivity index (χ2n) is 5.68. The number of amides is 1. The van der Waals surface area contributed by atoms with Gasteiger partial charge in [-0.05, 0) is 42.1 Å². The van der Waals surface area contributed by atoms with Gasteiger partial charge in [0.25, 0.3) is 5.91 Å². The number of hydrogen-bond donors (Lipinski definition) is 0. The minimum atomic E-state index is -0.285. The number of likely N-dealkylation sites (N-methyl/N-ethyl adjacent to an activating group) is 2. The van der Waals surface area contributed by atoms with Crippen LogP contribution in [-0.4, -0.2) is 34.9 Å². The highest BCUT2D eigenvalue weighted by atomic mass is 32.1. The maximum atomic E-state index is 13.6. The van der Waals surface area contributed by atoms with Gasteiger partial charge in [-0.1, -0.05) is 30.3 Å². The lowest BCUT2D eigenvalue weighted by molar-refractivity contribution is -0.121. The highest BCUT2D eigenvalue weighted by Crippen LogP contribution is 2.22. The van der Waals surface area contributed by atoms with Gasteiger partial charge in [-0.15, -0.1) is 0 Å². The molecular formula is C19H17FN2O2S. The van der Waals surface area contributed by atoms with Crippen molar-refractivity contribution in [3.8, 4) is 5.75 Å². The van der Waals surface area contributed by atoms with Gasteiger partial charge < -0.3 is 9.64 Å². The molecule has 1 saturated heterocycles. The lowest BCUT2D eigenvalue weighted by Crippen LogP contribution is -2.26. The molecule has 0 aliphatic carbocycles. The van der Waals surface area contributed by atoms with Crippen molar-refractivity contribution in [2.45, 2.75) is 6.61 Å². The molecule has 0 spiro atoms. The standard InChI is InChI=1S/C19H17FN2O2S/c1-21-17(18(23)22(2)19(21)25)11-13-7-9-15(10-8-13)24-12-14-5-3-4-6-16(14)20/h3-11H,12H2,1-2H3/b17-11-. The van der Waals surface area contributed by atoms with Crippen LogP contribution in [0.5, 0.6) is 5.75 Å². The summed E-state index contributed by atoms with van der Waals surface area (Å²) >= 11 is 5.19. The number of carbonyl (C=O) groups is 1. The van der Waals surface area contributed by atoms with Gasteiger partial charge in [-0.25, -0.2) is 4.39 Å². The van der Waals surface area contributed by atoms with Crippen LogP contribution in [0.25, 0.3) is 6.08 Å². The summed E-state index contributed by atoms with van der Waals surface area (Å²) < 4.78 is 19.2. The zero-order valence-electron chi connectivity index (χ0n) is 13.9. The predicted molar refractivity (Wildman–Crippen MR) is 98.3 cm³/mol. The normalized spacial score (nSPS) is 16.0. The van der Waals surface area contributed by atoms with Crippen LogP contribution in [0, 0.1) is 5.82 Å². The Labute approximate surface area is 151 Å². The van der Waals surface area contributed by atoms with Gasteiger partial charge in [-0.3, -0.25) is 9.69 Å². The fraction of sp³-hybridized carbons (Fsp3) is 0.158. The summed E-state index contributed by atoms with van der Waals surface area (Å²) in [6.07, 6.45) is 1.78. The number of rotatable bonds is 4. The maximum absolute atomic E-state index is 13.6. The fourth-order valence-corrected chi connectivity index (χ4v) is 2.66. The van der Waals surface area contributed by atoms with Gasteiger partial charge in [0.2, 0.25) is 0 Å². The first-order valence-electron chi connectivity index (χ1n) is 7.71. The number of benzene rings is 2. The molecule has 0 atom stereocenters. The molecule has 1 amide bonds. The van der Waals surface area contributed by atoms with Crippen molar-refractivity contribution < 1.29 is 13.9 Å². The zero-order chi connectivity index (χ0) is 18.0. The fourth-order valence-electron chi connectivity index (χ4n) is 2.48. The van der Waals surface area contributed by atoms with E-state index in [1.165, 1.54) is 11.0 Å². The highest BCUT2D eigenvalue weighted by Gasteiger charge is 2.32. The molecule has 25 heavy (non-hydrogen) atoms. The Morgan fingerprint density at radius 1 is 1.08 bits per heavy atom. The van der Waals surface area contributed by atoms with Crippen LogP contribution in [0.4, 0.5) is 4.39 Å². The third-order valence-corrected chi connectivity index (χ3v) is 4.54. The van der Waals surface area contributed by atoms with Crippen molar-refractivity contribution in [2.24, 2.45) is 0 Å². The van der Waals surface area contributed by atoms with E-state index >= 15 is 0 Å². The second-order valence-corrected chi connectivity index (χ2v) is 6.05. The van der Waals surface area contributed by atoms with Crippen molar-refractivity contribution in [1.82, 2.24) is 9.80 Å². The number of halogens is 1. The SMILES string of the molecule is CN1C(=O)/C(=C/c2ccc(OCc3ccccc3F)cc2)N(C)C1=S. The van der Waals surface area contributed by atoms with Gasteiger partial charge in [0.15, 0.2) is 5.11 Å². The first-order chi connectivity index (χ1) is 12.0. The van der Waals surface area contributed by atoms with Crippen LogP contribution in [0.15, 0.2) is 54.2 Å². The molecule has 0 bridgehead atoms. The number of nitrogens with zero attached hydrogens (tertiary/aromatic N) is 2. The predicted octanol–water partition coefficient (Wildman–Crippen LogP) is 3.43. The highest BCUT2D eigenvalue weighted by molar-refractivity contribution is 7.80. The van der Waals surface area contributed by atoms with Gasteiger partial charge in [0.05, 0.1) is 0 Å². The molecule has 2 aromatic carbocycles. The summed E-state index contributed by atoms with van der Waals surface area (Å²) in [6.45, 7) is 0.160. The molecule has 1 fully saturated rings. The summed E-state index contributed by atoms with van der Waals surface area (Å²) in [6, 6.07) is 13.8. The Hall–Kier alpha value is -2.73. The molecule has 128 valence electrons. The Morgan fingerprint density at radius 3 is 2.36 bits per heavy atom. The summed E-state index contributed by atoms with van der Waals surface area (Å²) in [5.74, 6) is 0.211.